The van der Waals surface area contributed by atoms with Gasteiger partial charge in [0.2, 0.25) is 5.95 Å². The molecule has 146 valence electrons. The summed E-state index contributed by atoms with van der Waals surface area (Å²) in [7, 11) is 1.66. The summed E-state index contributed by atoms with van der Waals surface area (Å²) in [4.78, 5) is 0. The summed E-state index contributed by atoms with van der Waals surface area (Å²) in [5, 5.41) is 15.7. The molecular formula is C21H25N5O2. The van der Waals surface area contributed by atoms with E-state index in [-0.39, 0.29) is 12.1 Å². The summed E-state index contributed by atoms with van der Waals surface area (Å²) in [6, 6.07) is 14.9. The van der Waals surface area contributed by atoms with E-state index < -0.39 is 0 Å². The lowest BCUT2D eigenvalue weighted by atomic mass is 9.92. The lowest BCUT2D eigenvalue weighted by molar-refractivity contribution is 0.310. The Bertz CT molecular complexity index is 938. The molecule has 1 aromatic heterocycles. The standard InChI is InChI=1S/C21H25N5O2/c1-4-14-6-8-15(9-7-14)17-13-18(26-21(22-17)23-24-25-26)16-10-11-19(28-5-2)20(12-16)27-3/h6-12,17-18H,4-5,13H2,1-3H3,(H,22,23,25)/t17-,18+/m0/s1. The van der Waals surface area contributed by atoms with E-state index in [0.29, 0.717) is 12.6 Å². The number of fused-ring (bicyclic) bond motifs is 1. The van der Waals surface area contributed by atoms with E-state index in [2.05, 4.69) is 58.1 Å². The molecule has 0 fully saturated rings. The van der Waals surface area contributed by atoms with Gasteiger partial charge in [-0.3, -0.25) is 0 Å². The van der Waals surface area contributed by atoms with Gasteiger partial charge in [0.1, 0.15) is 0 Å². The Labute approximate surface area is 164 Å². The van der Waals surface area contributed by atoms with Crippen LogP contribution in [0.4, 0.5) is 5.95 Å². The third-order valence-corrected chi connectivity index (χ3v) is 5.21. The van der Waals surface area contributed by atoms with Gasteiger partial charge in [-0.05, 0) is 59.0 Å². The Morgan fingerprint density at radius 1 is 1.07 bits per heavy atom. The van der Waals surface area contributed by atoms with Crippen molar-refractivity contribution < 1.29 is 9.47 Å². The highest BCUT2D eigenvalue weighted by molar-refractivity contribution is 5.46. The number of nitrogens with zero attached hydrogens (tertiary/aromatic N) is 4. The smallest absolute Gasteiger partial charge is 0.243 e. The zero-order chi connectivity index (χ0) is 19.5. The third-order valence-electron chi connectivity index (χ3n) is 5.21. The quantitative estimate of drug-likeness (QED) is 0.702. The Balaban J connectivity index is 1.68. The fourth-order valence-electron chi connectivity index (χ4n) is 3.68. The van der Waals surface area contributed by atoms with Crippen molar-refractivity contribution in [3.63, 3.8) is 0 Å². The summed E-state index contributed by atoms with van der Waals surface area (Å²) in [6.07, 6.45) is 1.87. The van der Waals surface area contributed by atoms with Gasteiger partial charge >= 0.3 is 0 Å². The number of hydrogen-bond acceptors (Lipinski definition) is 6. The summed E-state index contributed by atoms with van der Waals surface area (Å²) in [5.74, 6) is 2.14. The fourth-order valence-corrected chi connectivity index (χ4v) is 3.68. The highest BCUT2D eigenvalue weighted by Crippen LogP contribution is 2.39. The van der Waals surface area contributed by atoms with Gasteiger partial charge in [0.25, 0.3) is 0 Å². The maximum absolute atomic E-state index is 5.65. The van der Waals surface area contributed by atoms with Crippen molar-refractivity contribution in [1.82, 2.24) is 20.2 Å². The van der Waals surface area contributed by atoms with Gasteiger partial charge in [-0.2, -0.15) is 0 Å². The largest absolute Gasteiger partial charge is 0.493 e. The van der Waals surface area contributed by atoms with E-state index in [1.807, 2.05) is 23.7 Å². The van der Waals surface area contributed by atoms with E-state index in [1.54, 1.807) is 7.11 Å². The fraction of sp³-hybridized carbons (Fsp3) is 0.381. The van der Waals surface area contributed by atoms with Gasteiger partial charge in [-0.1, -0.05) is 42.4 Å². The molecule has 0 radical (unpaired) electrons. The van der Waals surface area contributed by atoms with Crippen LogP contribution in [-0.4, -0.2) is 33.9 Å². The molecule has 4 rings (SSSR count). The van der Waals surface area contributed by atoms with Gasteiger partial charge in [0, 0.05) is 0 Å². The number of aromatic nitrogens is 4. The molecule has 2 atom stereocenters. The van der Waals surface area contributed by atoms with Crippen molar-refractivity contribution in [2.45, 2.75) is 38.8 Å². The summed E-state index contributed by atoms with van der Waals surface area (Å²) in [5.41, 5.74) is 3.65. The maximum Gasteiger partial charge on any atom is 0.243 e. The number of hydrogen-bond donors (Lipinski definition) is 1. The van der Waals surface area contributed by atoms with Crippen molar-refractivity contribution in [3.05, 3.63) is 59.2 Å². The third kappa shape index (κ3) is 3.40. The van der Waals surface area contributed by atoms with E-state index in [0.717, 1.165) is 29.9 Å². The topological polar surface area (TPSA) is 74.1 Å². The first-order valence-corrected chi connectivity index (χ1v) is 9.67. The predicted octanol–water partition coefficient (Wildman–Crippen LogP) is 3.79. The van der Waals surface area contributed by atoms with Gasteiger partial charge < -0.3 is 14.8 Å². The molecule has 1 aliphatic rings. The number of benzene rings is 2. The first-order chi connectivity index (χ1) is 13.7. The lowest BCUT2D eigenvalue weighted by Gasteiger charge is -2.31. The molecule has 2 aromatic carbocycles. The molecule has 7 nitrogen and oxygen atoms in total. The number of anilines is 1. The average molecular weight is 379 g/mol. The molecule has 28 heavy (non-hydrogen) atoms. The molecule has 0 aliphatic carbocycles. The van der Waals surface area contributed by atoms with Crippen LogP contribution in [0.25, 0.3) is 0 Å². The summed E-state index contributed by atoms with van der Waals surface area (Å²) in [6.45, 7) is 4.72. The molecule has 2 heterocycles. The van der Waals surface area contributed by atoms with Crippen molar-refractivity contribution in [2.75, 3.05) is 19.0 Å². The van der Waals surface area contributed by atoms with Crippen LogP contribution in [0.1, 0.15) is 49.0 Å². The second kappa shape index (κ2) is 7.88. The van der Waals surface area contributed by atoms with Crippen LogP contribution in [0.15, 0.2) is 42.5 Å². The van der Waals surface area contributed by atoms with Crippen molar-refractivity contribution in [1.29, 1.82) is 0 Å². The molecular weight excluding hydrogens is 354 g/mol. The molecule has 0 amide bonds. The average Bonchev–Trinajstić information content (AvgIpc) is 3.22. The zero-order valence-electron chi connectivity index (χ0n) is 16.4. The Hall–Kier alpha value is -3.09. The second-order valence-corrected chi connectivity index (χ2v) is 6.83. The van der Waals surface area contributed by atoms with Gasteiger partial charge in [0.15, 0.2) is 11.5 Å². The van der Waals surface area contributed by atoms with Crippen LogP contribution in [0.5, 0.6) is 11.5 Å². The zero-order valence-corrected chi connectivity index (χ0v) is 16.4. The predicted molar refractivity (Wildman–Crippen MR) is 107 cm³/mol. The molecule has 0 spiro atoms. The minimum Gasteiger partial charge on any atom is -0.493 e. The van der Waals surface area contributed by atoms with E-state index in [9.17, 15) is 0 Å². The van der Waals surface area contributed by atoms with Crippen LogP contribution >= 0.6 is 0 Å². The lowest BCUT2D eigenvalue weighted by Crippen LogP contribution is -2.28. The van der Waals surface area contributed by atoms with Crippen LogP contribution in [0.2, 0.25) is 0 Å². The van der Waals surface area contributed by atoms with Crippen molar-refractivity contribution in [3.8, 4) is 11.5 Å². The monoisotopic (exact) mass is 379 g/mol. The Kier molecular flexibility index (Phi) is 5.14. The van der Waals surface area contributed by atoms with Crippen molar-refractivity contribution >= 4 is 5.95 Å². The van der Waals surface area contributed by atoms with Gasteiger partial charge in [0.05, 0.1) is 25.8 Å². The molecule has 0 saturated carbocycles. The first-order valence-electron chi connectivity index (χ1n) is 9.67. The SMILES string of the molecule is CCOc1ccc([C@H]2C[C@@H](c3ccc(CC)cc3)Nc3nnnn32)cc1OC. The molecule has 0 unspecified atom stereocenters. The van der Waals surface area contributed by atoms with E-state index in [1.165, 1.54) is 11.1 Å². The highest BCUT2D eigenvalue weighted by Gasteiger charge is 2.31. The number of rotatable bonds is 6. The molecule has 3 aromatic rings. The first kappa shape index (κ1) is 18.3. The second-order valence-electron chi connectivity index (χ2n) is 6.83. The summed E-state index contributed by atoms with van der Waals surface area (Å²) >= 11 is 0. The summed E-state index contributed by atoms with van der Waals surface area (Å²) < 4.78 is 13.0. The Morgan fingerprint density at radius 2 is 1.86 bits per heavy atom. The normalized spacial score (nSPS) is 18.2. The van der Waals surface area contributed by atoms with Crippen LogP contribution in [-0.2, 0) is 6.42 Å². The van der Waals surface area contributed by atoms with Crippen LogP contribution in [0, 0.1) is 0 Å². The van der Waals surface area contributed by atoms with Crippen LogP contribution < -0.4 is 14.8 Å². The highest BCUT2D eigenvalue weighted by atomic mass is 16.5. The maximum atomic E-state index is 5.65. The molecule has 1 N–H and O–H groups in total. The minimum atomic E-state index is 0.00618. The molecule has 0 saturated heterocycles. The van der Waals surface area contributed by atoms with Gasteiger partial charge in [-0.25, -0.2) is 4.68 Å². The number of nitrogens with one attached hydrogen (secondary N) is 1. The van der Waals surface area contributed by atoms with E-state index >= 15 is 0 Å². The number of ether oxygens (including phenoxy) is 2. The number of methoxy groups -OCH3 is 1. The molecule has 7 heteroatoms. The van der Waals surface area contributed by atoms with Crippen molar-refractivity contribution in [2.24, 2.45) is 0 Å². The number of tetrazole rings is 1. The minimum absolute atomic E-state index is 0.00618. The Morgan fingerprint density at radius 3 is 2.57 bits per heavy atom. The van der Waals surface area contributed by atoms with E-state index in [4.69, 9.17) is 9.47 Å². The number of aryl methyl sites for hydroxylation is 1. The van der Waals surface area contributed by atoms with Gasteiger partial charge in [-0.15, -0.1) is 0 Å². The molecule has 1 aliphatic heterocycles. The van der Waals surface area contributed by atoms with Crippen LogP contribution in [0.3, 0.4) is 0 Å². The molecule has 0 bridgehead atoms.